The molecule has 0 saturated carbocycles. The fourth-order valence-corrected chi connectivity index (χ4v) is 3.86. The highest BCUT2D eigenvalue weighted by molar-refractivity contribution is 6.30. The zero-order valence-corrected chi connectivity index (χ0v) is 18.4. The summed E-state index contributed by atoms with van der Waals surface area (Å²) in [6.45, 7) is 4.92. The van der Waals surface area contributed by atoms with E-state index in [9.17, 15) is 0 Å². The molecule has 0 atom stereocenters. The first-order valence-corrected chi connectivity index (χ1v) is 10.6. The van der Waals surface area contributed by atoms with Crippen molar-refractivity contribution in [3.8, 4) is 39.9 Å². The zero-order valence-electron chi connectivity index (χ0n) is 17.7. The average molecular weight is 453 g/mol. The molecule has 0 radical (unpaired) electrons. The second kappa shape index (κ2) is 8.64. The third-order valence-corrected chi connectivity index (χ3v) is 5.66. The summed E-state index contributed by atoms with van der Waals surface area (Å²) >= 11 is 6.02. The first-order valence-electron chi connectivity index (χ1n) is 10.2. The summed E-state index contributed by atoms with van der Waals surface area (Å²) in [6, 6.07) is 13.3. The van der Waals surface area contributed by atoms with Gasteiger partial charge < -0.3 is 23.3 Å². The minimum absolute atomic E-state index is 0.322. The van der Waals surface area contributed by atoms with Gasteiger partial charge in [0.1, 0.15) is 22.8 Å². The summed E-state index contributed by atoms with van der Waals surface area (Å²) in [5.41, 5.74) is 3.88. The molecule has 9 heteroatoms. The normalized spacial score (nSPS) is 14.0. The van der Waals surface area contributed by atoms with Gasteiger partial charge in [0.05, 0.1) is 25.9 Å². The summed E-state index contributed by atoms with van der Waals surface area (Å²) in [5.74, 6) is 1.92. The standard InChI is InChI=1S/C23H21ClN4O4/c1-14-20(21(27-32-14)15-3-5-16(24)6-4-15)23-26-25-22(31-23)18-8-7-17(13-19(18)29-2)28-9-11-30-12-10-28/h3-8,13H,9-12H2,1-2H3. The van der Waals surface area contributed by atoms with Crippen LogP contribution in [0.4, 0.5) is 5.69 Å². The molecule has 1 aliphatic rings. The summed E-state index contributed by atoms with van der Waals surface area (Å²) < 4.78 is 22.5. The molecule has 2 aromatic heterocycles. The number of ether oxygens (including phenoxy) is 2. The lowest BCUT2D eigenvalue weighted by Crippen LogP contribution is -2.36. The number of benzene rings is 2. The van der Waals surface area contributed by atoms with Crippen LogP contribution in [0, 0.1) is 6.92 Å². The predicted molar refractivity (Wildman–Crippen MR) is 120 cm³/mol. The molecule has 1 aliphatic heterocycles. The van der Waals surface area contributed by atoms with Gasteiger partial charge in [0.25, 0.3) is 11.8 Å². The molecule has 3 heterocycles. The third-order valence-electron chi connectivity index (χ3n) is 5.41. The SMILES string of the molecule is COc1cc(N2CCOCC2)ccc1-c1nnc(-c2c(-c3ccc(Cl)cc3)noc2C)o1. The molecule has 0 N–H and O–H groups in total. The fraction of sp³-hybridized carbons (Fsp3) is 0.261. The van der Waals surface area contributed by atoms with Crippen LogP contribution < -0.4 is 9.64 Å². The summed E-state index contributed by atoms with van der Waals surface area (Å²) in [5, 5.41) is 13.4. The highest BCUT2D eigenvalue weighted by Crippen LogP contribution is 2.38. The van der Waals surface area contributed by atoms with Crippen molar-refractivity contribution in [3.05, 3.63) is 53.2 Å². The molecular weight excluding hydrogens is 432 g/mol. The van der Waals surface area contributed by atoms with Gasteiger partial charge in [-0.25, -0.2) is 0 Å². The van der Waals surface area contributed by atoms with E-state index in [2.05, 4.69) is 20.3 Å². The molecule has 0 bridgehead atoms. The van der Waals surface area contributed by atoms with Crippen LogP contribution in [0.5, 0.6) is 5.75 Å². The number of methoxy groups -OCH3 is 1. The van der Waals surface area contributed by atoms with E-state index in [1.807, 2.05) is 37.3 Å². The van der Waals surface area contributed by atoms with E-state index >= 15 is 0 Å². The Morgan fingerprint density at radius 2 is 1.75 bits per heavy atom. The van der Waals surface area contributed by atoms with Crippen molar-refractivity contribution >= 4 is 17.3 Å². The van der Waals surface area contributed by atoms with Crippen LogP contribution in [-0.2, 0) is 4.74 Å². The van der Waals surface area contributed by atoms with Gasteiger partial charge in [0, 0.05) is 35.4 Å². The summed E-state index contributed by atoms with van der Waals surface area (Å²) in [4.78, 5) is 2.26. The smallest absolute Gasteiger partial charge is 0.254 e. The molecule has 0 spiro atoms. The monoisotopic (exact) mass is 452 g/mol. The van der Waals surface area contributed by atoms with E-state index in [1.165, 1.54) is 0 Å². The van der Waals surface area contributed by atoms with Crippen LogP contribution in [-0.4, -0.2) is 48.8 Å². The molecule has 1 fully saturated rings. The van der Waals surface area contributed by atoms with Gasteiger partial charge in [-0.05, 0) is 31.2 Å². The number of aromatic nitrogens is 3. The van der Waals surface area contributed by atoms with Crippen LogP contribution in [0.2, 0.25) is 5.02 Å². The van der Waals surface area contributed by atoms with Gasteiger partial charge in [-0.3, -0.25) is 0 Å². The lowest BCUT2D eigenvalue weighted by Gasteiger charge is -2.29. The number of rotatable bonds is 5. The molecule has 164 valence electrons. The van der Waals surface area contributed by atoms with Gasteiger partial charge in [0.2, 0.25) is 0 Å². The van der Waals surface area contributed by atoms with Gasteiger partial charge in [0.15, 0.2) is 0 Å². The Kier molecular flexibility index (Phi) is 5.55. The Morgan fingerprint density at radius 1 is 1.00 bits per heavy atom. The van der Waals surface area contributed by atoms with Gasteiger partial charge in [-0.2, -0.15) is 0 Å². The van der Waals surface area contributed by atoms with Crippen molar-refractivity contribution < 1.29 is 18.4 Å². The number of aryl methyl sites for hydroxylation is 1. The summed E-state index contributed by atoms with van der Waals surface area (Å²) in [6.07, 6.45) is 0. The van der Waals surface area contributed by atoms with Gasteiger partial charge >= 0.3 is 0 Å². The van der Waals surface area contributed by atoms with E-state index in [-0.39, 0.29) is 0 Å². The maximum atomic E-state index is 6.05. The molecule has 4 aromatic rings. The number of nitrogens with zero attached hydrogens (tertiary/aromatic N) is 4. The van der Waals surface area contributed by atoms with Gasteiger partial charge in [-0.1, -0.05) is 28.9 Å². The number of hydrogen-bond acceptors (Lipinski definition) is 8. The van der Waals surface area contributed by atoms with Crippen molar-refractivity contribution in [2.24, 2.45) is 0 Å². The van der Waals surface area contributed by atoms with E-state index in [1.54, 1.807) is 19.2 Å². The van der Waals surface area contributed by atoms with Gasteiger partial charge in [-0.15, -0.1) is 10.2 Å². The second-order valence-corrected chi connectivity index (χ2v) is 7.80. The number of morpholine rings is 1. The van der Waals surface area contributed by atoms with Crippen LogP contribution in [0.15, 0.2) is 51.4 Å². The minimum Gasteiger partial charge on any atom is -0.496 e. The van der Waals surface area contributed by atoms with Crippen molar-refractivity contribution in [3.63, 3.8) is 0 Å². The van der Waals surface area contributed by atoms with Crippen molar-refractivity contribution in [2.45, 2.75) is 6.92 Å². The summed E-state index contributed by atoms with van der Waals surface area (Å²) in [7, 11) is 1.63. The van der Waals surface area contributed by atoms with Crippen molar-refractivity contribution in [1.82, 2.24) is 15.4 Å². The number of anilines is 1. The minimum atomic E-state index is 0.322. The number of halogens is 1. The lowest BCUT2D eigenvalue weighted by molar-refractivity contribution is 0.122. The molecule has 32 heavy (non-hydrogen) atoms. The van der Waals surface area contributed by atoms with E-state index < -0.39 is 0 Å². The molecule has 2 aromatic carbocycles. The Hall–Kier alpha value is -3.36. The molecule has 5 rings (SSSR count). The Bertz CT molecular complexity index is 1230. The predicted octanol–water partition coefficient (Wildman–Crippen LogP) is 4.87. The van der Waals surface area contributed by atoms with E-state index in [0.717, 1.165) is 24.3 Å². The topological polar surface area (TPSA) is 86.7 Å². The van der Waals surface area contributed by atoms with Crippen molar-refractivity contribution in [2.75, 3.05) is 38.3 Å². The zero-order chi connectivity index (χ0) is 22.1. The third kappa shape index (κ3) is 3.83. The Labute approximate surface area is 189 Å². The largest absolute Gasteiger partial charge is 0.496 e. The maximum Gasteiger partial charge on any atom is 0.254 e. The maximum absolute atomic E-state index is 6.05. The van der Waals surface area contributed by atoms with Crippen LogP contribution in [0.3, 0.4) is 0 Å². The number of hydrogen-bond donors (Lipinski definition) is 0. The highest BCUT2D eigenvalue weighted by atomic mass is 35.5. The quantitative estimate of drug-likeness (QED) is 0.424. The van der Waals surface area contributed by atoms with Crippen molar-refractivity contribution in [1.29, 1.82) is 0 Å². The van der Waals surface area contributed by atoms with E-state index in [4.69, 9.17) is 30.0 Å². The van der Waals surface area contributed by atoms with E-state index in [0.29, 0.717) is 58.3 Å². The molecule has 8 nitrogen and oxygen atoms in total. The molecule has 0 unspecified atom stereocenters. The Morgan fingerprint density at radius 3 is 2.50 bits per heavy atom. The molecule has 0 amide bonds. The Balaban J connectivity index is 1.49. The fourth-order valence-electron chi connectivity index (χ4n) is 3.74. The molecule has 1 saturated heterocycles. The highest BCUT2D eigenvalue weighted by Gasteiger charge is 2.24. The van der Waals surface area contributed by atoms with Crippen LogP contribution in [0.25, 0.3) is 34.2 Å². The molecule has 0 aliphatic carbocycles. The van der Waals surface area contributed by atoms with Crippen LogP contribution in [0.1, 0.15) is 5.76 Å². The first-order chi connectivity index (χ1) is 15.6. The second-order valence-electron chi connectivity index (χ2n) is 7.37. The average Bonchev–Trinajstić information content (AvgIpc) is 3.46. The first kappa shape index (κ1) is 20.5. The molecular formula is C23H21ClN4O4. The lowest BCUT2D eigenvalue weighted by atomic mass is 10.1. The van der Waals surface area contributed by atoms with Crippen LogP contribution >= 0.6 is 11.6 Å².